The van der Waals surface area contributed by atoms with E-state index in [4.69, 9.17) is 5.11 Å². The van der Waals surface area contributed by atoms with E-state index in [9.17, 15) is 14.7 Å². The van der Waals surface area contributed by atoms with E-state index >= 15 is 0 Å². The first kappa shape index (κ1) is 15.2. The molecule has 0 heterocycles. The fraction of sp³-hybridized carbons (Fsp3) is 0.429. The Kier molecular flexibility index (Phi) is 5.06. The molecular weight excluding hydrogens is 246 g/mol. The highest BCUT2D eigenvalue weighted by atomic mass is 16.4. The predicted octanol–water partition coefficient (Wildman–Crippen LogP) is 1.13. The summed E-state index contributed by atoms with van der Waals surface area (Å²) in [4.78, 5) is 22.8. The van der Waals surface area contributed by atoms with Crippen LogP contribution in [-0.2, 0) is 9.59 Å². The first-order valence-corrected chi connectivity index (χ1v) is 6.17. The molecule has 5 heteroatoms. The number of carbonyl (C=O) groups is 2. The second-order valence-corrected chi connectivity index (χ2v) is 4.67. The third kappa shape index (κ3) is 4.06. The molecule has 1 rings (SSSR count). The standard InChI is InChI=1S/C14H19NO4/c1-3-11(10-7-5-4-6-8-10)12(16)15-9-14(2,19)13(17)18/h4-8,11,19H,3,9H2,1-2H3,(H,15,16)(H,17,18). The van der Waals surface area contributed by atoms with Crippen molar-refractivity contribution in [1.82, 2.24) is 5.32 Å². The van der Waals surface area contributed by atoms with E-state index in [1.165, 1.54) is 0 Å². The number of aliphatic carboxylic acids is 1. The van der Waals surface area contributed by atoms with Crippen LogP contribution in [0.5, 0.6) is 0 Å². The molecule has 0 bridgehead atoms. The maximum absolute atomic E-state index is 12.0. The van der Waals surface area contributed by atoms with Crippen molar-refractivity contribution in [1.29, 1.82) is 0 Å². The number of rotatable bonds is 6. The van der Waals surface area contributed by atoms with Crippen LogP contribution in [0.4, 0.5) is 0 Å². The summed E-state index contributed by atoms with van der Waals surface area (Å²) in [6.45, 7) is 2.72. The van der Waals surface area contributed by atoms with Crippen molar-refractivity contribution < 1.29 is 19.8 Å². The Morgan fingerprint density at radius 2 is 1.89 bits per heavy atom. The molecule has 0 aliphatic heterocycles. The zero-order valence-corrected chi connectivity index (χ0v) is 11.1. The Hall–Kier alpha value is -1.88. The highest BCUT2D eigenvalue weighted by Gasteiger charge is 2.31. The van der Waals surface area contributed by atoms with Gasteiger partial charge >= 0.3 is 5.97 Å². The van der Waals surface area contributed by atoms with Crippen LogP contribution in [-0.4, -0.2) is 34.2 Å². The average Bonchev–Trinajstić information content (AvgIpc) is 2.38. The Labute approximate surface area is 112 Å². The monoisotopic (exact) mass is 265 g/mol. The summed E-state index contributed by atoms with van der Waals surface area (Å²) < 4.78 is 0. The molecule has 0 fully saturated rings. The molecule has 1 aromatic rings. The van der Waals surface area contributed by atoms with E-state index < -0.39 is 11.6 Å². The topological polar surface area (TPSA) is 86.6 Å². The summed E-state index contributed by atoms with van der Waals surface area (Å²) in [6.07, 6.45) is 0.602. The molecule has 2 atom stereocenters. The van der Waals surface area contributed by atoms with Gasteiger partial charge in [0.25, 0.3) is 0 Å². The third-order valence-corrected chi connectivity index (χ3v) is 2.99. The van der Waals surface area contributed by atoms with Crippen LogP contribution < -0.4 is 5.32 Å². The summed E-state index contributed by atoms with van der Waals surface area (Å²) in [5.41, 5.74) is -1.08. The van der Waals surface area contributed by atoms with Crippen molar-refractivity contribution in [2.75, 3.05) is 6.54 Å². The number of amides is 1. The lowest BCUT2D eigenvalue weighted by atomic mass is 9.95. The molecule has 0 saturated carbocycles. The van der Waals surface area contributed by atoms with Crippen molar-refractivity contribution in [2.45, 2.75) is 31.8 Å². The van der Waals surface area contributed by atoms with Crippen molar-refractivity contribution in [2.24, 2.45) is 0 Å². The van der Waals surface area contributed by atoms with Crippen LogP contribution in [0.15, 0.2) is 30.3 Å². The van der Waals surface area contributed by atoms with Gasteiger partial charge in [-0.3, -0.25) is 4.79 Å². The Morgan fingerprint density at radius 1 is 1.32 bits per heavy atom. The van der Waals surface area contributed by atoms with E-state index in [0.717, 1.165) is 12.5 Å². The minimum absolute atomic E-state index is 0.282. The van der Waals surface area contributed by atoms with Gasteiger partial charge in [-0.1, -0.05) is 37.3 Å². The average molecular weight is 265 g/mol. The van der Waals surface area contributed by atoms with Crippen LogP contribution in [0.3, 0.4) is 0 Å². The van der Waals surface area contributed by atoms with Crippen LogP contribution in [0.2, 0.25) is 0 Å². The minimum Gasteiger partial charge on any atom is -0.479 e. The lowest BCUT2D eigenvalue weighted by Crippen LogP contribution is -2.47. The number of nitrogens with one attached hydrogen (secondary N) is 1. The maximum atomic E-state index is 12.0. The second kappa shape index (κ2) is 6.33. The summed E-state index contributed by atoms with van der Waals surface area (Å²) >= 11 is 0. The minimum atomic E-state index is -1.95. The van der Waals surface area contributed by atoms with Crippen molar-refractivity contribution in [3.8, 4) is 0 Å². The molecule has 0 saturated heterocycles. The molecule has 2 unspecified atom stereocenters. The molecule has 1 aromatic carbocycles. The fourth-order valence-electron chi connectivity index (χ4n) is 1.72. The van der Waals surface area contributed by atoms with E-state index in [1.807, 2.05) is 37.3 Å². The van der Waals surface area contributed by atoms with E-state index in [2.05, 4.69) is 5.32 Å². The first-order chi connectivity index (χ1) is 8.88. The Bertz CT molecular complexity index is 442. The van der Waals surface area contributed by atoms with Gasteiger partial charge in [0.15, 0.2) is 5.60 Å². The van der Waals surface area contributed by atoms with Crippen molar-refractivity contribution >= 4 is 11.9 Å². The van der Waals surface area contributed by atoms with Crippen LogP contribution in [0.25, 0.3) is 0 Å². The first-order valence-electron chi connectivity index (χ1n) is 6.17. The third-order valence-electron chi connectivity index (χ3n) is 2.99. The van der Waals surface area contributed by atoms with Gasteiger partial charge in [0.1, 0.15) is 0 Å². The smallest absolute Gasteiger partial charge is 0.337 e. The van der Waals surface area contributed by atoms with Gasteiger partial charge in [-0.25, -0.2) is 4.79 Å². The quantitative estimate of drug-likeness (QED) is 0.719. The molecule has 0 aliphatic rings. The van der Waals surface area contributed by atoms with Gasteiger partial charge in [-0.05, 0) is 18.9 Å². The Morgan fingerprint density at radius 3 is 2.37 bits per heavy atom. The van der Waals surface area contributed by atoms with Gasteiger partial charge < -0.3 is 15.5 Å². The number of carboxylic acids is 1. The highest BCUT2D eigenvalue weighted by molar-refractivity contribution is 5.85. The molecule has 0 radical (unpaired) electrons. The molecule has 104 valence electrons. The molecule has 1 amide bonds. The lowest BCUT2D eigenvalue weighted by molar-refractivity contribution is -0.156. The Balaban J connectivity index is 2.69. The van der Waals surface area contributed by atoms with E-state index in [0.29, 0.717) is 6.42 Å². The molecular formula is C14H19NO4. The van der Waals surface area contributed by atoms with Gasteiger partial charge in [-0.2, -0.15) is 0 Å². The number of hydrogen-bond donors (Lipinski definition) is 3. The van der Waals surface area contributed by atoms with E-state index in [-0.39, 0.29) is 18.4 Å². The zero-order chi connectivity index (χ0) is 14.5. The summed E-state index contributed by atoms with van der Waals surface area (Å²) in [6, 6.07) is 9.26. The van der Waals surface area contributed by atoms with Crippen molar-refractivity contribution in [3.63, 3.8) is 0 Å². The summed E-state index contributed by atoms with van der Waals surface area (Å²) in [7, 11) is 0. The molecule has 19 heavy (non-hydrogen) atoms. The van der Waals surface area contributed by atoms with Gasteiger partial charge in [0.05, 0.1) is 12.5 Å². The molecule has 0 aromatic heterocycles. The number of aliphatic hydroxyl groups is 1. The normalized spacial score (nSPS) is 15.3. The second-order valence-electron chi connectivity index (χ2n) is 4.67. The van der Waals surface area contributed by atoms with Crippen molar-refractivity contribution in [3.05, 3.63) is 35.9 Å². The van der Waals surface area contributed by atoms with Gasteiger partial charge in [-0.15, -0.1) is 0 Å². The largest absolute Gasteiger partial charge is 0.479 e. The van der Waals surface area contributed by atoms with Crippen LogP contribution in [0, 0.1) is 0 Å². The maximum Gasteiger partial charge on any atom is 0.337 e. The molecule has 5 nitrogen and oxygen atoms in total. The van der Waals surface area contributed by atoms with Crippen LogP contribution in [0.1, 0.15) is 31.7 Å². The van der Waals surface area contributed by atoms with E-state index in [1.54, 1.807) is 0 Å². The number of carbonyl (C=O) groups excluding carboxylic acids is 1. The molecule has 3 N–H and O–H groups in total. The van der Waals surface area contributed by atoms with Gasteiger partial charge in [0, 0.05) is 0 Å². The van der Waals surface area contributed by atoms with Crippen LogP contribution >= 0.6 is 0 Å². The fourth-order valence-corrected chi connectivity index (χ4v) is 1.72. The summed E-state index contributed by atoms with van der Waals surface area (Å²) in [5.74, 6) is -1.98. The number of benzene rings is 1. The molecule has 0 spiro atoms. The summed E-state index contributed by atoms with van der Waals surface area (Å²) in [5, 5.41) is 20.8. The number of carboxylic acid groups (broad SMARTS) is 1. The lowest BCUT2D eigenvalue weighted by Gasteiger charge is -2.21. The SMILES string of the molecule is CCC(C(=O)NCC(C)(O)C(=O)O)c1ccccc1. The predicted molar refractivity (Wildman–Crippen MR) is 70.7 cm³/mol. The number of hydrogen-bond acceptors (Lipinski definition) is 3. The zero-order valence-electron chi connectivity index (χ0n) is 11.1. The van der Waals surface area contributed by atoms with Gasteiger partial charge in [0.2, 0.25) is 5.91 Å². The highest BCUT2D eigenvalue weighted by Crippen LogP contribution is 2.19. The molecule has 0 aliphatic carbocycles.